The van der Waals surface area contributed by atoms with Crippen molar-refractivity contribution in [3.8, 4) is 11.1 Å². The van der Waals surface area contributed by atoms with Crippen LogP contribution in [-0.4, -0.2) is 40.8 Å². The molecule has 3 aromatic heterocycles. The fourth-order valence-corrected chi connectivity index (χ4v) is 4.76. The minimum atomic E-state index is -0.584. The van der Waals surface area contributed by atoms with Crippen LogP contribution in [0.25, 0.3) is 22.2 Å². The zero-order chi connectivity index (χ0) is 22.9. The van der Waals surface area contributed by atoms with Crippen LogP contribution in [-0.2, 0) is 6.54 Å². The van der Waals surface area contributed by atoms with E-state index in [2.05, 4.69) is 15.2 Å². The Morgan fingerprint density at radius 1 is 1.18 bits per heavy atom. The van der Waals surface area contributed by atoms with Crippen molar-refractivity contribution in [3.63, 3.8) is 0 Å². The van der Waals surface area contributed by atoms with Crippen LogP contribution in [0.4, 0.5) is 4.39 Å². The molecule has 0 amide bonds. The van der Waals surface area contributed by atoms with Crippen LogP contribution in [0.1, 0.15) is 24.4 Å². The minimum absolute atomic E-state index is 0.0410. The molecule has 33 heavy (non-hydrogen) atoms. The summed E-state index contributed by atoms with van der Waals surface area (Å²) in [6.07, 6.45) is 4.75. The highest BCUT2D eigenvalue weighted by atomic mass is 35.5. The van der Waals surface area contributed by atoms with Crippen molar-refractivity contribution in [2.75, 3.05) is 26.2 Å². The van der Waals surface area contributed by atoms with Gasteiger partial charge < -0.3 is 14.6 Å². The average Bonchev–Trinajstić information content (AvgIpc) is 3.44. The van der Waals surface area contributed by atoms with Gasteiger partial charge in [-0.15, -0.1) is 0 Å². The summed E-state index contributed by atoms with van der Waals surface area (Å²) in [6.45, 7) is 6.56. The molecule has 1 atom stereocenters. The zero-order valence-electron chi connectivity index (χ0n) is 18.0. The molecule has 0 bridgehead atoms. The summed E-state index contributed by atoms with van der Waals surface area (Å²) in [6, 6.07) is 8.61. The Hall–Kier alpha value is -2.58. The van der Waals surface area contributed by atoms with E-state index in [0.29, 0.717) is 10.6 Å². The fraction of sp³-hybridized carbons (Fsp3) is 0.292. The van der Waals surface area contributed by atoms with Crippen LogP contribution >= 0.6 is 23.2 Å². The van der Waals surface area contributed by atoms with Crippen LogP contribution in [0.5, 0.6) is 0 Å². The van der Waals surface area contributed by atoms with Gasteiger partial charge in [0.25, 0.3) is 0 Å². The molecular weight excluding hydrogens is 466 g/mol. The van der Waals surface area contributed by atoms with Crippen molar-refractivity contribution in [2.45, 2.75) is 19.6 Å². The Kier molecular flexibility index (Phi) is 6.29. The molecule has 1 saturated heterocycles. The number of benzene rings is 1. The lowest BCUT2D eigenvalue weighted by Crippen LogP contribution is -2.42. The van der Waals surface area contributed by atoms with E-state index >= 15 is 0 Å². The molecule has 0 aliphatic carbocycles. The smallest absolute Gasteiger partial charge is 0.150 e. The molecule has 9 heteroatoms. The van der Waals surface area contributed by atoms with Crippen molar-refractivity contribution in [3.05, 3.63) is 76.2 Å². The second-order valence-electron chi connectivity index (χ2n) is 8.10. The minimum Gasteiger partial charge on any atom is -0.467 e. The molecule has 1 N–H and O–H groups in total. The number of piperazine rings is 1. The first-order valence-corrected chi connectivity index (χ1v) is 11.5. The molecule has 5 rings (SSSR count). The Balaban J connectivity index is 1.39. The van der Waals surface area contributed by atoms with Gasteiger partial charge in [0, 0.05) is 60.3 Å². The number of fused-ring (bicyclic) bond motifs is 1. The normalized spacial score (nSPS) is 15.8. The Morgan fingerprint density at radius 2 is 2.00 bits per heavy atom. The van der Waals surface area contributed by atoms with Crippen LogP contribution in [0, 0.1) is 5.82 Å². The Morgan fingerprint density at radius 3 is 2.82 bits per heavy atom. The van der Waals surface area contributed by atoms with Crippen molar-refractivity contribution in [1.82, 2.24) is 19.9 Å². The first kappa shape index (κ1) is 22.2. The molecule has 1 unspecified atom stereocenters. The molecule has 0 radical (unpaired) electrons. The van der Waals surface area contributed by atoms with Crippen molar-refractivity contribution >= 4 is 34.2 Å². The van der Waals surface area contributed by atoms with Crippen LogP contribution in [0.3, 0.4) is 0 Å². The highest BCUT2D eigenvalue weighted by Gasteiger charge is 2.20. The SMILES string of the molecule is CC(On1ccc2ncc(-c3coc(CN4CCNCC4)c3)cc21)c1c(Cl)ccc(F)c1Cl. The maximum atomic E-state index is 14.0. The molecule has 4 aromatic rings. The summed E-state index contributed by atoms with van der Waals surface area (Å²) in [5.74, 6) is 0.382. The highest BCUT2D eigenvalue weighted by molar-refractivity contribution is 6.36. The second-order valence-corrected chi connectivity index (χ2v) is 8.89. The molecule has 0 spiro atoms. The number of rotatable bonds is 6. The third-order valence-corrected chi connectivity index (χ3v) is 6.55. The third-order valence-electron chi connectivity index (χ3n) is 5.84. The molecule has 6 nitrogen and oxygen atoms in total. The molecule has 1 aromatic carbocycles. The molecular formula is C24H23Cl2FN4O2. The molecule has 1 aliphatic heterocycles. The zero-order valence-corrected chi connectivity index (χ0v) is 19.5. The summed E-state index contributed by atoms with van der Waals surface area (Å²) in [5.41, 5.74) is 3.80. The predicted molar refractivity (Wildman–Crippen MR) is 127 cm³/mol. The van der Waals surface area contributed by atoms with E-state index in [-0.39, 0.29) is 5.02 Å². The standard InChI is InChI=1S/C24H23Cl2FN4O2/c1-15(23-19(25)2-3-20(27)24(23)26)33-31-7-4-21-22(31)11-16(12-29-21)17-10-18(32-14-17)13-30-8-5-28-6-9-30/h2-4,7,10-12,14-15,28H,5-6,8-9,13H2,1H3. The summed E-state index contributed by atoms with van der Waals surface area (Å²) in [5, 5.41) is 3.66. The maximum absolute atomic E-state index is 14.0. The topological polar surface area (TPSA) is 55.5 Å². The first-order valence-electron chi connectivity index (χ1n) is 10.8. The van der Waals surface area contributed by atoms with E-state index in [1.165, 1.54) is 12.1 Å². The highest BCUT2D eigenvalue weighted by Crippen LogP contribution is 2.33. The number of pyridine rings is 1. The monoisotopic (exact) mass is 488 g/mol. The number of hydrogen-bond donors (Lipinski definition) is 1. The average molecular weight is 489 g/mol. The summed E-state index contributed by atoms with van der Waals surface area (Å²) >= 11 is 12.4. The lowest BCUT2D eigenvalue weighted by Gasteiger charge is -2.26. The third kappa shape index (κ3) is 4.59. The Bertz CT molecular complexity index is 1280. The van der Waals surface area contributed by atoms with Gasteiger partial charge in [0.1, 0.15) is 17.1 Å². The molecule has 1 fully saturated rings. The van der Waals surface area contributed by atoms with Gasteiger partial charge in [-0.3, -0.25) is 9.88 Å². The summed E-state index contributed by atoms with van der Waals surface area (Å²) in [4.78, 5) is 13.0. The van der Waals surface area contributed by atoms with E-state index in [0.717, 1.165) is 60.6 Å². The Labute approximate surface area is 200 Å². The van der Waals surface area contributed by atoms with E-state index in [4.69, 9.17) is 32.5 Å². The lowest BCUT2D eigenvalue weighted by molar-refractivity contribution is 0.0562. The van der Waals surface area contributed by atoms with Gasteiger partial charge >= 0.3 is 0 Å². The van der Waals surface area contributed by atoms with Gasteiger partial charge in [-0.05, 0) is 37.3 Å². The summed E-state index contributed by atoms with van der Waals surface area (Å²) < 4.78 is 21.4. The molecule has 4 heterocycles. The van der Waals surface area contributed by atoms with Crippen molar-refractivity contribution in [2.24, 2.45) is 0 Å². The van der Waals surface area contributed by atoms with E-state index in [1.807, 2.05) is 24.4 Å². The molecule has 1 aliphatic rings. The first-order chi connectivity index (χ1) is 16.0. The van der Waals surface area contributed by atoms with Gasteiger partial charge in [-0.1, -0.05) is 23.2 Å². The van der Waals surface area contributed by atoms with E-state index in [9.17, 15) is 4.39 Å². The van der Waals surface area contributed by atoms with E-state index < -0.39 is 11.9 Å². The molecule has 172 valence electrons. The fourth-order valence-electron chi connectivity index (χ4n) is 4.08. The predicted octanol–water partition coefficient (Wildman–Crippen LogP) is 5.34. The quantitative estimate of drug-likeness (QED) is 0.371. The van der Waals surface area contributed by atoms with Crippen LogP contribution in [0.15, 0.2) is 53.4 Å². The number of hydrogen-bond acceptors (Lipinski definition) is 5. The number of furan rings is 1. The van der Waals surface area contributed by atoms with Gasteiger partial charge in [0.2, 0.25) is 0 Å². The van der Waals surface area contributed by atoms with Crippen molar-refractivity contribution in [1.29, 1.82) is 0 Å². The number of aromatic nitrogens is 2. The maximum Gasteiger partial charge on any atom is 0.150 e. The van der Waals surface area contributed by atoms with E-state index in [1.54, 1.807) is 24.1 Å². The van der Waals surface area contributed by atoms with Crippen molar-refractivity contribution < 1.29 is 13.6 Å². The van der Waals surface area contributed by atoms with Gasteiger partial charge in [-0.25, -0.2) is 4.39 Å². The van der Waals surface area contributed by atoms with Crippen LogP contribution in [0.2, 0.25) is 10.0 Å². The summed E-state index contributed by atoms with van der Waals surface area (Å²) in [7, 11) is 0. The molecule has 0 saturated carbocycles. The van der Waals surface area contributed by atoms with Gasteiger partial charge in [0.15, 0.2) is 6.10 Å². The van der Waals surface area contributed by atoms with Gasteiger partial charge in [0.05, 0.1) is 23.3 Å². The van der Waals surface area contributed by atoms with Gasteiger partial charge in [-0.2, -0.15) is 4.73 Å². The van der Waals surface area contributed by atoms with Crippen LogP contribution < -0.4 is 10.2 Å². The number of halogens is 3. The second kappa shape index (κ2) is 9.35. The number of nitrogens with one attached hydrogen (secondary N) is 1. The largest absolute Gasteiger partial charge is 0.467 e. The lowest BCUT2D eigenvalue weighted by atomic mass is 10.1. The number of nitrogens with zero attached hydrogens (tertiary/aromatic N) is 3.